The van der Waals surface area contributed by atoms with E-state index in [-0.39, 0.29) is 17.5 Å². The number of hydrogen-bond acceptors (Lipinski definition) is 4. The predicted molar refractivity (Wildman–Crippen MR) is 113 cm³/mol. The Labute approximate surface area is 177 Å². The van der Waals surface area contributed by atoms with Crippen LogP contribution in [0.3, 0.4) is 0 Å². The molecule has 0 bridgehead atoms. The van der Waals surface area contributed by atoms with Crippen LogP contribution in [0, 0.1) is 11.6 Å². The number of halogens is 3. The largest absolute Gasteiger partial charge is 0.352 e. The van der Waals surface area contributed by atoms with Gasteiger partial charge in [0.1, 0.15) is 23.8 Å². The first-order chi connectivity index (χ1) is 14.4. The average molecular weight is 429 g/mol. The van der Waals surface area contributed by atoms with Gasteiger partial charge >= 0.3 is 0 Å². The van der Waals surface area contributed by atoms with Gasteiger partial charge in [-0.05, 0) is 37.3 Å². The second-order valence-electron chi connectivity index (χ2n) is 7.20. The van der Waals surface area contributed by atoms with Gasteiger partial charge in [0.15, 0.2) is 0 Å². The van der Waals surface area contributed by atoms with Crippen LogP contribution in [-0.2, 0) is 4.79 Å². The van der Waals surface area contributed by atoms with Gasteiger partial charge in [0.2, 0.25) is 5.91 Å². The van der Waals surface area contributed by atoms with Crippen LogP contribution in [0.15, 0.2) is 49.3 Å². The molecule has 1 atom stereocenters. The minimum Gasteiger partial charge on any atom is -0.352 e. The summed E-state index contributed by atoms with van der Waals surface area (Å²) in [6, 6.07) is 6.74. The highest BCUT2D eigenvalue weighted by molar-refractivity contribution is 6.34. The molecule has 1 amide bonds. The first-order valence-electron chi connectivity index (χ1n) is 9.46. The van der Waals surface area contributed by atoms with Gasteiger partial charge in [-0.3, -0.25) is 4.79 Å². The summed E-state index contributed by atoms with van der Waals surface area (Å²) in [5, 5.41) is 1.04. The van der Waals surface area contributed by atoms with E-state index < -0.39 is 11.6 Å². The minimum atomic E-state index is -0.692. The zero-order chi connectivity index (χ0) is 21.4. The number of amides is 1. The van der Waals surface area contributed by atoms with Crippen molar-refractivity contribution in [3.8, 4) is 11.1 Å². The third-order valence-corrected chi connectivity index (χ3v) is 5.62. The third-order valence-electron chi connectivity index (χ3n) is 5.31. The third kappa shape index (κ3) is 3.61. The lowest BCUT2D eigenvalue weighted by Crippen LogP contribution is -2.54. The van der Waals surface area contributed by atoms with Gasteiger partial charge in [-0.2, -0.15) is 0 Å². The van der Waals surface area contributed by atoms with Crippen molar-refractivity contribution in [3.05, 3.63) is 66.0 Å². The van der Waals surface area contributed by atoms with Gasteiger partial charge in [-0.1, -0.05) is 18.2 Å². The number of nitrogens with zero attached hydrogens (tertiary/aromatic N) is 4. The Bertz CT molecular complexity index is 1150. The van der Waals surface area contributed by atoms with Crippen molar-refractivity contribution in [2.75, 3.05) is 24.5 Å². The van der Waals surface area contributed by atoms with Crippen molar-refractivity contribution < 1.29 is 13.6 Å². The van der Waals surface area contributed by atoms with E-state index in [0.29, 0.717) is 41.6 Å². The molecule has 1 unspecified atom stereocenters. The molecule has 154 valence electrons. The second-order valence-corrected chi connectivity index (χ2v) is 7.61. The van der Waals surface area contributed by atoms with Crippen LogP contribution >= 0.6 is 11.6 Å². The summed E-state index contributed by atoms with van der Waals surface area (Å²) in [5.41, 5.74) is 1.23. The Morgan fingerprint density at radius 1 is 1.20 bits per heavy atom. The van der Waals surface area contributed by atoms with E-state index in [2.05, 4.69) is 21.4 Å². The molecule has 0 saturated carbocycles. The Morgan fingerprint density at radius 2 is 2.00 bits per heavy atom. The minimum absolute atomic E-state index is 0.0164. The molecular formula is C22H19ClF2N4O. The fourth-order valence-corrected chi connectivity index (χ4v) is 4.09. The van der Waals surface area contributed by atoms with Crippen LogP contribution in [0.5, 0.6) is 0 Å². The standard InChI is InChI=1S/C22H19ClF2N4O/c1-3-21(30)29-7-6-28(11-13(29)2)22-17-9-18(23)16(10-20(17)26-12-27-22)15-5-4-14(24)8-19(15)25/h3-5,8-10,12-13H,1,6-7,11H2,2H3. The van der Waals surface area contributed by atoms with E-state index in [1.165, 1.54) is 24.5 Å². The Hall–Kier alpha value is -3.06. The predicted octanol–water partition coefficient (Wildman–Crippen LogP) is 4.45. The summed E-state index contributed by atoms with van der Waals surface area (Å²) in [6.45, 7) is 7.27. The van der Waals surface area contributed by atoms with Gasteiger partial charge in [-0.25, -0.2) is 18.7 Å². The normalized spacial score (nSPS) is 16.7. The number of carbonyl (C=O) groups excluding carboxylic acids is 1. The highest BCUT2D eigenvalue weighted by atomic mass is 35.5. The molecule has 0 N–H and O–H groups in total. The highest BCUT2D eigenvalue weighted by Crippen LogP contribution is 2.36. The SMILES string of the molecule is C=CC(=O)N1CCN(c2ncnc3cc(-c4ccc(F)cc4F)c(Cl)cc23)CC1C. The second kappa shape index (κ2) is 7.99. The molecule has 0 spiro atoms. The Morgan fingerprint density at radius 3 is 2.70 bits per heavy atom. The van der Waals surface area contributed by atoms with Gasteiger partial charge in [-0.15, -0.1) is 0 Å². The number of hydrogen-bond donors (Lipinski definition) is 0. The van der Waals surface area contributed by atoms with E-state index in [1.54, 1.807) is 17.0 Å². The van der Waals surface area contributed by atoms with E-state index in [1.807, 2.05) is 6.92 Å². The number of aromatic nitrogens is 2. The maximum Gasteiger partial charge on any atom is 0.246 e. The Kier molecular flexibility index (Phi) is 5.39. The molecule has 30 heavy (non-hydrogen) atoms. The van der Waals surface area contributed by atoms with Gasteiger partial charge in [0.05, 0.1) is 5.52 Å². The van der Waals surface area contributed by atoms with Crippen LogP contribution in [0.4, 0.5) is 14.6 Å². The van der Waals surface area contributed by atoms with Crippen LogP contribution in [0.2, 0.25) is 5.02 Å². The maximum absolute atomic E-state index is 14.3. The van der Waals surface area contributed by atoms with Crippen LogP contribution < -0.4 is 4.90 Å². The summed E-state index contributed by atoms with van der Waals surface area (Å²) in [7, 11) is 0. The maximum atomic E-state index is 14.3. The molecule has 4 rings (SSSR count). The van der Waals surface area contributed by atoms with E-state index in [0.717, 1.165) is 11.5 Å². The molecule has 1 aliphatic heterocycles. The monoisotopic (exact) mass is 428 g/mol. The molecule has 2 aromatic carbocycles. The van der Waals surface area contributed by atoms with Crippen molar-refractivity contribution in [1.29, 1.82) is 0 Å². The first-order valence-corrected chi connectivity index (χ1v) is 9.84. The fraction of sp³-hybridized carbons (Fsp3) is 0.227. The lowest BCUT2D eigenvalue weighted by Gasteiger charge is -2.40. The molecular weight excluding hydrogens is 410 g/mol. The van der Waals surface area contributed by atoms with Gasteiger partial charge in [0, 0.05) is 53.3 Å². The van der Waals surface area contributed by atoms with Crippen molar-refractivity contribution in [2.24, 2.45) is 0 Å². The Balaban J connectivity index is 1.72. The number of anilines is 1. The lowest BCUT2D eigenvalue weighted by molar-refractivity contribution is -0.128. The number of benzene rings is 2. The molecule has 1 saturated heterocycles. The summed E-state index contributed by atoms with van der Waals surface area (Å²) in [4.78, 5) is 24.6. The molecule has 8 heteroatoms. The van der Waals surface area contributed by atoms with Crippen LogP contribution in [-0.4, -0.2) is 46.5 Å². The summed E-state index contributed by atoms with van der Waals surface area (Å²) in [6.07, 6.45) is 2.77. The quantitative estimate of drug-likeness (QED) is 0.578. The molecule has 1 fully saturated rings. The molecule has 1 aromatic heterocycles. The van der Waals surface area contributed by atoms with Gasteiger partial charge in [0.25, 0.3) is 0 Å². The highest BCUT2D eigenvalue weighted by Gasteiger charge is 2.28. The van der Waals surface area contributed by atoms with Gasteiger partial charge < -0.3 is 9.80 Å². The number of piperazine rings is 1. The molecule has 2 heterocycles. The molecule has 0 radical (unpaired) electrons. The fourth-order valence-electron chi connectivity index (χ4n) is 3.82. The van der Waals surface area contributed by atoms with Crippen molar-refractivity contribution in [2.45, 2.75) is 13.0 Å². The summed E-state index contributed by atoms with van der Waals surface area (Å²) < 4.78 is 27.6. The topological polar surface area (TPSA) is 49.3 Å². The zero-order valence-electron chi connectivity index (χ0n) is 16.3. The van der Waals surface area contributed by atoms with Crippen LogP contribution in [0.25, 0.3) is 22.0 Å². The van der Waals surface area contributed by atoms with Crippen molar-refractivity contribution in [1.82, 2.24) is 14.9 Å². The van der Waals surface area contributed by atoms with Crippen LogP contribution in [0.1, 0.15) is 6.92 Å². The molecule has 3 aromatic rings. The number of fused-ring (bicyclic) bond motifs is 1. The van der Waals surface area contributed by atoms with Crippen molar-refractivity contribution in [3.63, 3.8) is 0 Å². The smallest absolute Gasteiger partial charge is 0.246 e. The molecule has 0 aliphatic carbocycles. The van der Waals surface area contributed by atoms with Crippen molar-refractivity contribution >= 4 is 34.2 Å². The summed E-state index contributed by atoms with van der Waals surface area (Å²) >= 11 is 6.47. The molecule has 1 aliphatic rings. The van der Waals surface area contributed by atoms with E-state index in [9.17, 15) is 13.6 Å². The van der Waals surface area contributed by atoms with E-state index in [4.69, 9.17) is 11.6 Å². The number of carbonyl (C=O) groups is 1. The zero-order valence-corrected chi connectivity index (χ0v) is 17.0. The molecule has 5 nitrogen and oxygen atoms in total. The van der Waals surface area contributed by atoms with E-state index >= 15 is 0 Å². The number of rotatable bonds is 3. The summed E-state index contributed by atoms with van der Waals surface area (Å²) in [5.74, 6) is -0.738. The lowest BCUT2D eigenvalue weighted by atomic mass is 10.0. The average Bonchev–Trinajstić information content (AvgIpc) is 2.72. The first kappa shape index (κ1) is 20.2.